The molecule has 0 radical (unpaired) electrons. The molecule has 1 heterocycles. The number of hydrogen-bond acceptors (Lipinski definition) is 3. The molecule has 0 unspecified atom stereocenters. The lowest BCUT2D eigenvalue weighted by atomic mass is 10.0. The van der Waals surface area contributed by atoms with E-state index >= 15 is 0 Å². The second-order valence-electron chi connectivity index (χ2n) is 4.57. The van der Waals surface area contributed by atoms with Crippen molar-refractivity contribution in [2.75, 3.05) is 20.3 Å². The normalized spacial score (nSPS) is 22.0. The van der Waals surface area contributed by atoms with Crippen LogP contribution in [-0.2, 0) is 9.53 Å². The fourth-order valence-corrected chi connectivity index (χ4v) is 2.51. The van der Waals surface area contributed by atoms with E-state index in [0.29, 0.717) is 18.7 Å². The van der Waals surface area contributed by atoms with Crippen LogP contribution in [-0.4, -0.2) is 37.1 Å². The number of carbonyl (C=O) groups excluding carboxylic acids is 1. The molecule has 112 valence electrons. The fraction of sp³-hybridized carbons (Fsp3) is 0.462. The Hall–Kier alpha value is -0.880. The highest BCUT2D eigenvalue weighted by atomic mass is 35.5. The molecule has 0 saturated carbocycles. The summed E-state index contributed by atoms with van der Waals surface area (Å²) in [5.74, 6) is -0.540. The Kier molecular flexibility index (Phi) is 6.20. The first-order valence-electron chi connectivity index (χ1n) is 6.03. The lowest BCUT2D eigenvalue weighted by Gasteiger charge is -2.27. The van der Waals surface area contributed by atoms with E-state index in [-0.39, 0.29) is 41.8 Å². The van der Waals surface area contributed by atoms with Gasteiger partial charge in [-0.3, -0.25) is 4.79 Å². The SMILES string of the molecule is COCCN1C(=O)C[C@H](N)[C@H]1c1ccc(Cl)c(F)c1.Cl. The molecule has 20 heavy (non-hydrogen) atoms. The van der Waals surface area contributed by atoms with Gasteiger partial charge in [-0.25, -0.2) is 4.39 Å². The van der Waals surface area contributed by atoms with Crippen molar-refractivity contribution in [2.24, 2.45) is 5.73 Å². The average Bonchev–Trinajstić information content (AvgIpc) is 2.65. The van der Waals surface area contributed by atoms with Crippen LogP contribution in [0.2, 0.25) is 5.02 Å². The molecular formula is C13H17Cl2FN2O2. The Bertz CT molecular complexity index is 487. The van der Waals surface area contributed by atoms with Crippen molar-refractivity contribution in [2.45, 2.75) is 18.5 Å². The van der Waals surface area contributed by atoms with Gasteiger partial charge in [0.1, 0.15) is 5.82 Å². The van der Waals surface area contributed by atoms with Gasteiger partial charge in [-0.15, -0.1) is 12.4 Å². The first-order valence-corrected chi connectivity index (χ1v) is 6.41. The molecule has 2 rings (SSSR count). The number of ether oxygens (including phenoxy) is 1. The van der Waals surface area contributed by atoms with Gasteiger partial charge < -0.3 is 15.4 Å². The molecule has 1 saturated heterocycles. The van der Waals surface area contributed by atoms with E-state index in [2.05, 4.69) is 0 Å². The zero-order valence-electron chi connectivity index (χ0n) is 11.0. The van der Waals surface area contributed by atoms with Crippen molar-refractivity contribution in [1.29, 1.82) is 0 Å². The first-order chi connectivity index (χ1) is 9.04. The van der Waals surface area contributed by atoms with Crippen molar-refractivity contribution in [1.82, 2.24) is 4.90 Å². The Labute approximate surface area is 128 Å². The van der Waals surface area contributed by atoms with Crippen LogP contribution in [0.1, 0.15) is 18.0 Å². The lowest BCUT2D eigenvalue weighted by molar-refractivity contribution is -0.129. The van der Waals surface area contributed by atoms with Gasteiger partial charge in [-0.2, -0.15) is 0 Å². The number of nitrogens with two attached hydrogens (primary N) is 1. The van der Waals surface area contributed by atoms with Crippen molar-refractivity contribution < 1.29 is 13.9 Å². The van der Waals surface area contributed by atoms with Crippen molar-refractivity contribution >= 4 is 29.9 Å². The summed E-state index contributed by atoms with van der Waals surface area (Å²) in [5.41, 5.74) is 6.66. The van der Waals surface area contributed by atoms with Gasteiger partial charge in [0.25, 0.3) is 0 Å². The van der Waals surface area contributed by atoms with Crippen LogP contribution in [0.5, 0.6) is 0 Å². The fourth-order valence-electron chi connectivity index (χ4n) is 2.39. The Morgan fingerprint density at radius 1 is 1.55 bits per heavy atom. The Morgan fingerprint density at radius 3 is 2.85 bits per heavy atom. The summed E-state index contributed by atoms with van der Waals surface area (Å²) in [5, 5.41) is 0.0603. The second-order valence-corrected chi connectivity index (χ2v) is 4.97. The highest BCUT2D eigenvalue weighted by Crippen LogP contribution is 2.33. The summed E-state index contributed by atoms with van der Waals surface area (Å²) < 4.78 is 18.5. The molecule has 1 amide bonds. The summed E-state index contributed by atoms with van der Waals surface area (Å²) >= 11 is 5.67. The maximum atomic E-state index is 13.5. The van der Waals surface area contributed by atoms with Gasteiger partial charge >= 0.3 is 0 Å². The Balaban J connectivity index is 0.00000200. The predicted molar refractivity (Wildman–Crippen MR) is 77.6 cm³/mol. The maximum absolute atomic E-state index is 13.5. The molecule has 1 aromatic rings. The molecule has 1 aliphatic rings. The topological polar surface area (TPSA) is 55.6 Å². The number of hydrogen-bond donors (Lipinski definition) is 1. The Morgan fingerprint density at radius 2 is 2.25 bits per heavy atom. The van der Waals surface area contributed by atoms with E-state index in [9.17, 15) is 9.18 Å². The van der Waals surface area contributed by atoms with Crippen LogP contribution in [0, 0.1) is 5.82 Å². The molecule has 0 spiro atoms. The number of methoxy groups -OCH3 is 1. The van der Waals surface area contributed by atoms with E-state index in [1.54, 1.807) is 18.1 Å². The van der Waals surface area contributed by atoms with E-state index < -0.39 is 5.82 Å². The minimum Gasteiger partial charge on any atom is -0.383 e. The molecule has 0 bridgehead atoms. The third-order valence-electron chi connectivity index (χ3n) is 3.29. The van der Waals surface area contributed by atoms with Crippen LogP contribution in [0.25, 0.3) is 0 Å². The number of halogens is 3. The van der Waals surface area contributed by atoms with Gasteiger partial charge in [-0.1, -0.05) is 17.7 Å². The van der Waals surface area contributed by atoms with Gasteiger partial charge in [0.2, 0.25) is 5.91 Å². The first kappa shape index (κ1) is 17.2. The highest BCUT2D eigenvalue weighted by Gasteiger charge is 2.38. The van der Waals surface area contributed by atoms with E-state index in [0.717, 1.165) is 0 Å². The standard InChI is InChI=1S/C13H16ClFN2O2.ClH/c1-19-5-4-17-12(18)7-11(16)13(17)8-2-3-9(14)10(15)6-8;/h2-3,6,11,13H,4-5,7,16H2,1H3;1H/t11-,13+;/m0./s1. The van der Waals surface area contributed by atoms with Crippen molar-refractivity contribution in [3.63, 3.8) is 0 Å². The van der Waals surface area contributed by atoms with Gasteiger partial charge in [-0.05, 0) is 17.7 Å². The number of amides is 1. The third kappa shape index (κ3) is 3.41. The molecule has 2 atom stereocenters. The summed E-state index contributed by atoms with van der Waals surface area (Å²) in [6.07, 6.45) is 0.263. The summed E-state index contributed by atoms with van der Waals surface area (Å²) in [7, 11) is 1.57. The number of nitrogens with zero attached hydrogens (tertiary/aromatic N) is 1. The minimum atomic E-state index is -0.502. The highest BCUT2D eigenvalue weighted by molar-refractivity contribution is 6.30. The molecule has 2 N–H and O–H groups in total. The molecule has 0 aliphatic carbocycles. The predicted octanol–water partition coefficient (Wildman–Crippen LogP) is 2.15. The molecule has 4 nitrogen and oxygen atoms in total. The number of likely N-dealkylation sites (tertiary alicyclic amines) is 1. The average molecular weight is 323 g/mol. The second kappa shape index (κ2) is 7.22. The summed E-state index contributed by atoms with van der Waals surface area (Å²) in [6.45, 7) is 0.864. The minimum absolute atomic E-state index is 0. The zero-order valence-corrected chi connectivity index (χ0v) is 12.6. The summed E-state index contributed by atoms with van der Waals surface area (Å²) in [6, 6.07) is 3.86. The molecule has 1 aliphatic heterocycles. The van der Waals surface area contributed by atoms with E-state index in [1.807, 2.05) is 0 Å². The smallest absolute Gasteiger partial charge is 0.224 e. The van der Waals surface area contributed by atoms with Crippen LogP contribution in [0.15, 0.2) is 18.2 Å². The molecule has 7 heteroatoms. The lowest BCUT2D eigenvalue weighted by Crippen LogP contribution is -2.35. The number of carbonyl (C=O) groups is 1. The van der Waals surface area contributed by atoms with Crippen LogP contribution >= 0.6 is 24.0 Å². The summed E-state index contributed by atoms with van der Waals surface area (Å²) in [4.78, 5) is 13.5. The zero-order chi connectivity index (χ0) is 14.0. The molecule has 0 aromatic heterocycles. The van der Waals surface area contributed by atoms with Crippen LogP contribution in [0.3, 0.4) is 0 Å². The van der Waals surface area contributed by atoms with Gasteiger partial charge in [0.05, 0.1) is 17.7 Å². The number of rotatable bonds is 4. The van der Waals surface area contributed by atoms with Crippen molar-refractivity contribution in [3.05, 3.63) is 34.6 Å². The van der Waals surface area contributed by atoms with E-state index in [4.69, 9.17) is 22.1 Å². The van der Waals surface area contributed by atoms with Gasteiger partial charge in [0.15, 0.2) is 0 Å². The maximum Gasteiger partial charge on any atom is 0.224 e. The number of benzene rings is 1. The molecule has 1 aromatic carbocycles. The largest absolute Gasteiger partial charge is 0.383 e. The third-order valence-corrected chi connectivity index (χ3v) is 3.60. The molecular weight excluding hydrogens is 306 g/mol. The molecule has 1 fully saturated rings. The quantitative estimate of drug-likeness (QED) is 0.924. The van der Waals surface area contributed by atoms with Crippen LogP contribution < -0.4 is 5.73 Å². The monoisotopic (exact) mass is 322 g/mol. The van der Waals surface area contributed by atoms with Crippen LogP contribution in [0.4, 0.5) is 4.39 Å². The van der Waals surface area contributed by atoms with E-state index in [1.165, 1.54) is 12.1 Å². The van der Waals surface area contributed by atoms with Crippen molar-refractivity contribution in [3.8, 4) is 0 Å². The van der Waals surface area contributed by atoms with Gasteiger partial charge in [0, 0.05) is 26.1 Å².